The van der Waals surface area contributed by atoms with E-state index in [-0.39, 0.29) is 11.6 Å². The highest BCUT2D eigenvalue weighted by atomic mass is 19.3. The molecule has 4 heteroatoms. The molecule has 13 heavy (non-hydrogen) atoms. The van der Waals surface area contributed by atoms with Crippen molar-refractivity contribution in [2.24, 2.45) is 11.5 Å². The van der Waals surface area contributed by atoms with E-state index in [0.717, 1.165) is 5.56 Å². The predicted molar refractivity (Wildman–Crippen MR) is 47.4 cm³/mol. The normalized spacial score (nSPS) is 13.3. The van der Waals surface area contributed by atoms with Crippen molar-refractivity contribution in [2.75, 3.05) is 6.54 Å². The highest BCUT2D eigenvalue weighted by Crippen LogP contribution is 2.20. The number of alkyl halides is 2. The third kappa shape index (κ3) is 2.47. The van der Waals surface area contributed by atoms with E-state index in [4.69, 9.17) is 11.5 Å². The van der Waals surface area contributed by atoms with Gasteiger partial charge in [0.25, 0.3) is 6.43 Å². The van der Waals surface area contributed by atoms with Crippen LogP contribution in [0.5, 0.6) is 0 Å². The molecule has 1 aromatic rings. The SMILES string of the molecule is NC[C@@H](N)c1ccc(C(F)F)cc1. The van der Waals surface area contributed by atoms with Gasteiger partial charge in [0.2, 0.25) is 0 Å². The van der Waals surface area contributed by atoms with E-state index in [1.807, 2.05) is 0 Å². The molecule has 4 N–H and O–H groups in total. The minimum absolute atomic E-state index is 0.00738. The van der Waals surface area contributed by atoms with Crippen LogP contribution in [0.4, 0.5) is 8.78 Å². The summed E-state index contributed by atoms with van der Waals surface area (Å²) in [6.07, 6.45) is -2.43. The van der Waals surface area contributed by atoms with Gasteiger partial charge in [-0.15, -0.1) is 0 Å². The largest absolute Gasteiger partial charge is 0.329 e. The molecule has 0 bridgehead atoms. The van der Waals surface area contributed by atoms with Crippen LogP contribution in [0.2, 0.25) is 0 Å². The molecule has 0 amide bonds. The van der Waals surface area contributed by atoms with Crippen molar-refractivity contribution < 1.29 is 8.78 Å². The molecule has 0 saturated carbocycles. The molecule has 0 aromatic heterocycles. The lowest BCUT2D eigenvalue weighted by Crippen LogP contribution is -2.20. The van der Waals surface area contributed by atoms with Crippen molar-refractivity contribution in [1.29, 1.82) is 0 Å². The fourth-order valence-corrected chi connectivity index (χ4v) is 1.02. The van der Waals surface area contributed by atoms with Gasteiger partial charge in [0.1, 0.15) is 0 Å². The van der Waals surface area contributed by atoms with Gasteiger partial charge in [0.15, 0.2) is 0 Å². The Morgan fingerprint density at radius 2 is 1.54 bits per heavy atom. The fraction of sp³-hybridized carbons (Fsp3) is 0.333. The Bertz CT molecular complexity index is 259. The highest BCUT2D eigenvalue weighted by Gasteiger charge is 2.07. The number of hydrogen-bond donors (Lipinski definition) is 2. The van der Waals surface area contributed by atoms with Crippen LogP contribution in [-0.2, 0) is 0 Å². The van der Waals surface area contributed by atoms with Crippen molar-refractivity contribution in [1.82, 2.24) is 0 Å². The second-order valence-electron chi connectivity index (χ2n) is 2.81. The van der Waals surface area contributed by atoms with Crippen LogP contribution in [0.15, 0.2) is 24.3 Å². The van der Waals surface area contributed by atoms with Crippen molar-refractivity contribution in [3.8, 4) is 0 Å². The van der Waals surface area contributed by atoms with E-state index < -0.39 is 6.43 Å². The zero-order valence-electron chi connectivity index (χ0n) is 7.08. The molecule has 0 unspecified atom stereocenters. The molecule has 0 spiro atoms. The summed E-state index contributed by atoms with van der Waals surface area (Å²) in [5, 5.41) is 0. The Kier molecular flexibility index (Phi) is 3.33. The monoisotopic (exact) mass is 186 g/mol. The Hall–Kier alpha value is -1.00. The maximum Gasteiger partial charge on any atom is 0.263 e. The molecule has 0 fully saturated rings. The van der Waals surface area contributed by atoms with Crippen LogP contribution < -0.4 is 11.5 Å². The first-order valence-electron chi connectivity index (χ1n) is 3.98. The molecule has 1 aromatic carbocycles. The summed E-state index contributed by atoms with van der Waals surface area (Å²) in [7, 11) is 0. The average molecular weight is 186 g/mol. The number of hydrogen-bond acceptors (Lipinski definition) is 2. The summed E-state index contributed by atoms with van der Waals surface area (Å²) in [6.45, 7) is 0.314. The molecule has 0 heterocycles. The Morgan fingerprint density at radius 3 is 1.92 bits per heavy atom. The summed E-state index contributed by atoms with van der Waals surface area (Å²) >= 11 is 0. The number of rotatable bonds is 3. The van der Waals surface area contributed by atoms with Gasteiger partial charge in [-0.3, -0.25) is 0 Å². The van der Waals surface area contributed by atoms with E-state index in [1.165, 1.54) is 12.1 Å². The van der Waals surface area contributed by atoms with Gasteiger partial charge in [0, 0.05) is 18.2 Å². The minimum Gasteiger partial charge on any atom is -0.329 e. The predicted octanol–water partition coefficient (Wildman–Crippen LogP) is 1.58. The quantitative estimate of drug-likeness (QED) is 0.753. The van der Waals surface area contributed by atoms with Crippen LogP contribution >= 0.6 is 0 Å². The first kappa shape index (κ1) is 10.1. The summed E-state index contributed by atoms with van der Waals surface area (Å²) in [6, 6.07) is 5.63. The van der Waals surface area contributed by atoms with Crippen LogP contribution in [0.1, 0.15) is 23.6 Å². The van der Waals surface area contributed by atoms with Gasteiger partial charge in [0.05, 0.1) is 0 Å². The second-order valence-corrected chi connectivity index (χ2v) is 2.81. The van der Waals surface area contributed by atoms with E-state index in [2.05, 4.69) is 0 Å². The fourth-order valence-electron chi connectivity index (χ4n) is 1.02. The number of benzene rings is 1. The molecule has 72 valence electrons. The van der Waals surface area contributed by atoms with Crippen LogP contribution in [-0.4, -0.2) is 6.54 Å². The van der Waals surface area contributed by atoms with Crippen molar-refractivity contribution >= 4 is 0 Å². The van der Waals surface area contributed by atoms with Crippen molar-refractivity contribution in [2.45, 2.75) is 12.5 Å². The molecular formula is C9H12F2N2. The van der Waals surface area contributed by atoms with E-state index in [0.29, 0.717) is 6.54 Å². The Morgan fingerprint density at radius 1 is 1.08 bits per heavy atom. The zero-order valence-corrected chi connectivity index (χ0v) is 7.08. The van der Waals surface area contributed by atoms with Gasteiger partial charge in [-0.2, -0.15) is 0 Å². The molecule has 1 atom stereocenters. The maximum atomic E-state index is 12.1. The number of nitrogens with two attached hydrogens (primary N) is 2. The first-order chi connectivity index (χ1) is 6.15. The lowest BCUT2D eigenvalue weighted by Gasteiger charge is -2.09. The van der Waals surface area contributed by atoms with E-state index >= 15 is 0 Å². The van der Waals surface area contributed by atoms with Crippen molar-refractivity contribution in [3.63, 3.8) is 0 Å². The highest BCUT2D eigenvalue weighted by molar-refractivity contribution is 5.25. The topological polar surface area (TPSA) is 52.0 Å². The number of halogens is 2. The first-order valence-corrected chi connectivity index (χ1v) is 3.98. The second kappa shape index (κ2) is 4.30. The zero-order chi connectivity index (χ0) is 9.84. The molecule has 0 saturated heterocycles. The molecule has 0 aliphatic carbocycles. The molecular weight excluding hydrogens is 174 g/mol. The summed E-state index contributed by atoms with van der Waals surface area (Å²) < 4.78 is 24.3. The van der Waals surface area contributed by atoms with Gasteiger partial charge in [-0.1, -0.05) is 24.3 Å². The Balaban J connectivity index is 2.81. The Labute approximate surface area is 75.5 Å². The van der Waals surface area contributed by atoms with E-state index in [9.17, 15) is 8.78 Å². The van der Waals surface area contributed by atoms with E-state index in [1.54, 1.807) is 12.1 Å². The third-order valence-electron chi connectivity index (χ3n) is 1.87. The standard InChI is InChI=1S/C9H12F2N2/c10-9(11)7-3-1-6(2-4-7)8(13)5-12/h1-4,8-9H,5,12-13H2/t8-/m1/s1. The van der Waals surface area contributed by atoms with Crippen LogP contribution in [0.25, 0.3) is 0 Å². The molecule has 2 nitrogen and oxygen atoms in total. The average Bonchev–Trinajstić information content (AvgIpc) is 2.17. The summed E-state index contributed by atoms with van der Waals surface area (Å²) in [4.78, 5) is 0. The minimum atomic E-state index is -2.43. The molecule has 0 aliphatic rings. The van der Waals surface area contributed by atoms with Crippen LogP contribution in [0, 0.1) is 0 Å². The molecule has 0 radical (unpaired) electrons. The molecule has 1 rings (SSSR count). The molecule has 0 aliphatic heterocycles. The van der Waals surface area contributed by atoms with Gasteiger partial charge in [-0.25, -0.2) is 8.78 Å². The lowest BCUT2D eigenvalue weighted by molar-refractivity contribution is 0.151. The summed E-state index contributed by atoms with van der Waals surface area (Å²) in [5.41, 5.74) is 11.7. The van der Waals surface area contributed by atoms with Crippen molar-refractivity contribution in [3.05, 3.63) is 35.4 Å². The van der Waals surface area contributed by atoms with Gasteiger partial charge < -0.3 is 11.5 Å². The van der Waals surface area contributed by atoms with Gasteiger partial charge in [-0.05, 0) is 5.56 Å². The van der Waals surface area contributed by atoms with Crippen LogP contribution in [0.3, 0.4) is 0 Å². The smallest absolute Gasteiger partial charge is 0.263 e. The lowest BCUT2D eigenvalue weighted by atomic mass is 10.1. The maximum absolute atomic E-state index is 12.1. The third-order valence-corrected chi connectivity index (χ3v) is 1.87. The summed E-state index contributed by atoms with van der Waals surface area (Å²) in [5.74, 6) is 0. The van der Waals surface area contributed by atoms with Gasteiger partial charge >= 0.3 is 0 Å².